The van der Waals surface area contributed by atoms with Gasteiger partial charge < -0.3 is 49.6 Å². The van der Waals surface area contributed by atoms with E-state index in [0.29, 0.717) is 32.1 Å². The summed E-state index contributed by atoms with van der Waals surface area (Å²) in [6.45, 7) is 18.0. The van der Waals surface area contributed by atoms with E-state index < -0.39 is 83.1 Å². The van der Waals surface area contributed by atoms with E-state index in [-0.39, 0.29) is 54.4 Å². The number of fused-ring (bicyclic) bond motifs is 5. The molecular weight excluding hydrogens is 684 g/mol. The molecule has 2 saturated heterocycles. The first-order valence-corrected chi connectivity index (χ1v) is 19.7. The molecule has 0 spiro atoms. The van der Waals surface area contributed by atoms with Crippen molar-refractivity contribution < 1.29 is 59.2 Å². The van der Waals surface area contributed by atoms with Gasteiger partial charge in [0.2, 0.25) is 0 Å². The number of carbonyl (C=O) groups is 2. The number of rotatable bonds is 8. The maximum atomic E-state index is 15.0. The van der Waals surface area contributed by atoms with Crippen LogP contribution in [-0.4, -0.2) is 116 Å². The van der Waals surface area contributed by atoms with Gasteiger partial charge in [-0.25, -0.2) is 0 Å². The Kier molecular flexibility index (Phi) is 11.2. The van der Waals surface area contributed by atoms with Crippen LogP contribution in [0.3, 0.4) is 0 Å². The molecule has 6 N–H and O–H groups in total. The van der Waals surface area contributed by atoms with Crippen molar-refractivity contribution in [3.05, 3.63) is 23.3 Å². The van der Waals surface area contributed by atoms with Gasteiger partial charge in [-0.2, -0.15) is 0 Å². The summed E-state index contributed by atoms with van der Waals surface area (Å²) in [6.07, 6.45) is -4.79. The Bertz CT molecular complexity index is 1470. The van der Waals surface area contributed by atoms with Gasteiger partial charge in [-0.05, 0) is 62.2 Å². The molecule has 4 aliphatic carbocycles. The lowest BCUT2D eigenvalue weighted by Crippen LogP contribution is -2.63. The second-order valence-electron chi connectivity index (χ2n) is 18.7. The van der Waals surface area contributed by atoms with E-state index in [0.717, 1.165) is 11.1 Å². The monoisotopic (exact) mass is 748 g/mol. The van der Waals surface area contributed by atoms with Crippen molar-refractivity contribution in [3.63, 3.8) is 0 Å². The topological polar surface area (TPSA) is 192 Å². The molecule has 0 amide bonds. The predicted octanol–water partition coefficient (Wildman–Crippen LogP) is 2.98. The molecule has 0 aromatic carbocycles. The minimum atomic E-state index is -1.47. The van der Waals surface area contributed by atoms with Crippen LogP contribution in [0.25, 0.3) is 0 Å². The molecule has 6 rings (SSSR count). The molecule has 5 fully saturated rings. The standard InChI is InChI=1S/C41H64O12/c1-19(2)24(42)13-10-20(3)30-26(52-37-35(49)33(47)31(45)21(4)51-37)16-39(7)27-14-11-22-23(41(27,9)28(44)17-40(30,39)8)12-15-29(38(22,5)6)53-36-34(48)32(46)25(43)18-50-36/h10-11,19,21,23,25-27,29-37,43,45-49H,12-18H2,1-9H3/b20-10-/t21-,23-,25-,26+,27+,29-,30-,31+,32+,33-,34-,35-,36-,37+,39-,40-,41+/m1/s1. The SMILES string of the molecule is C/C(=C/CC(=O)C(C)C)[C@@H]1[C@@H](O[C@@H]2O[C@H](C)[C@H](O)[C@@H](O)[C@H]2O)C[C@]2(C)[C@@H]3CC=C4[C@@H](CC[C@@H](O[C@H]5OC[C@@H](O)[C@H](O)[C@H]5O)C4(C)C)[C@]3(C)C(=O)C[C@]12C. The van der Waals surface area contributed by atoms with Gasteiger partial charge in [-0.1, -0.05) is 71.8 Å². The molecule has 53 heavy (non-hydrogen) atoms. The van der Waals surface area contributed by atoms with Crippen molar-refractivity contribution in [2.24, 2.45) is 45.3 Å². The first-order valence-electron chi connectivity index (χ1n) is 19.7. The van der Waals surface area contributed by atoms with Crippen LogP contribution in [0.1, 0.15) is 101 Å². The Labute approximate surface area is 313 Å². The van der Waals surface area contributed by atoms with E-state index in [1.807, 2.05) is 26.8 Å². The normalized spacial score (nSPS) is 49.9. The van der Waals surface area contributed by atoms with E-state index in [2.05, 4.69) is 40.7 Å². The molecule has 3 saturated carbocycles. The molecule has 17 atom stereocenters. The number of aliphatic hydroxyl groups is 6. The molecular formula is C41H64O12. The maximum absolute atomic E-state index is 15.0. The molecule has 0 bridgehead atoms. The molecule has 0 radical (unpaired) electrons. The Morgan fingerprint density at radius 1 is 0.925 bits per heavy atom. The zero-order valence-corrected chi connectivity index (χ0v) is 32.9. The average Bonchev–Trinajstić information content (AvgIpc) is 3.31. The predicted molar refractivity (Wildman–Crippen MR) is 193 cm³/mol. The molecule has 2 heterocycles. The number of carbonyl (C=O) groups excluding carboxylic acids is 2. The summed E-state index contributed by atoms with van der Waals surface area (Å²) in [5, 5.41) is 62.9. The maximum Gasteiger partial charge on any atom is 0.186 e. The smallest absolute Gasteiger partial charge is 0.186 e. The lowest BCUT2D eigenvalue weighted by Gasteiger charge is -2.64. The molecule has 300 valence electrons. The fourth-order valence-electron chi connectivity index (χ4n) is 11.6. The van der Waals surface area contributed by atoms with E-state index in [9.17, 15) is 35.4 Å². The van der Waals surface area contributed by atoms with Crippen molar-refractivity contribution in [2.75, 3.05) is 6.61 Å². The molecule has 12 nitrogen and oxygen atoms in total. The van der Waals surface area contributed by atoms with Gasteiger partial charge in [0.15, 0.2) is 12.6 Å². The second kappa shape index (κ2) is 14.4. The third-order valence-corrected chi connectivity index (χ3v) is 15.2. The zero-order chi connectivity index (χ0) is 39.2. The van der Waals surface area contributed by atoms with Crippen LogP contribution in [0.2, 0.25) is 0 Å². The van der Waals surface area contributed by atoms with Crippen molar-refractivity contribution in [2.45, 2.75) is 168 Å². The fourth-order valence-corrected chi connectivity index (χ4v) is 11.6. The number of hydrogen-bond acceptors (Lipinski definition) is 12. The third kappa shape index (κ3) is 6.45. The Morgan fingerprint density at radius 3 is 2.25 bits per heavy atom. The minimum Gasteiger partial charge on any atom is -0.388 e. The van der Waals surface area contributed by atoms with Crippen LogP contribution in [0.4, 0.5) is 0 Å². The van der Waals surface area contributed by atoms with Crippen molar-refractivity contribution in [1.29, 1.82) is 0 Å². The molecule has 0 unspecified atom stereocenters. The van der Waals surface area contributed by atoms with Crippen LogP contribution in [0.5, 0.6) is 0 Å². The Morgan fingerprint density at radius 2 is 1.58 bits per heavy atom. The molecule has 6 aliphatic rings. The summed E-state index contributed by atoms with van der Waals surface area (Å²) < 4.78 is 24.6. The third-order valence-electron chi connectivity index (χ3n) is 15.2. The summed E-state index contributed by atoms with van der Waals surface area (Å²) >= 11 is 0. The van der Waals surface area contributed by atoms with Gasteiger partial charge in [0, 0.05) is 35.5 Å². The van der Waals surface area contributed by atoms with Crippen LogP contribution in [0.15, 0.2) is 23.3 Å². The van der Waals surface area contributed by atoms with Crippen LogP contribution in [0, 0.1) is 45.3 Å². The van der Waals surface area contributed by atoms with Crippen molar-refractivity contribution >= 4 is 11.6 Å². The van der Waals surface area contributed by atoms with Crippen molar-refractivity contribution in [3.8, 4) is 0 Å². The van der Waals surface area contributed by atoms with Gasteiger partial charge in [0.05, 0.1) is 24.9 Å². The highest BCUT2D eigenvalue weighted by atomic mass is 16.7. The van der Waals surface area contributed by atoms with E-state index >= 15 is 4.79 Å². The van der Waals surface area contributed by atoms with Crippen LogP contribution in [-0.2, 0) is 28.5 Å². The van der Waals surface area contributed by atoms with E-state index in [1.165, 1.54) is 0 Å². The summed E-state index contributed by atoms with van der Waals surface area (Å²) in [5.41, 5.74) is -0.147. The number of Topliss-reactive ketones (excluding diaryl/α,β-unsaturated/α-hetero) is 2. The van der Waals surface area contributed by atoms with Crippen molar-refractivity contribution in [1.82, 2.24) is 0 Å². The van der Waals surface area contributed by atoms with E-state index in [1.54, 1.807) is 6.92 Å². The van der Waals surface area contributed by atoms with Crippen LogP contribution >= 0.6 is 0 Å². The number of ketones is 2. The first-order chi connectivity index (χ1) is 24.6. The van der Waals surface area contributed by atoms with Crippen LogP contribution < -0.4 is 0 Å². The molecule has 12 heteroatoms. The summed E-state index contributed by atoms with van der Waals surface area (Å²) in [7, 11) is 0. The lowest BCUT2D eigenvalue weighted by molar-refractivity contribution is -0.306. The highest BCUT2D eigenvalue weighted by Crippen LogP contribution is 2.74. The van der Waals surface area contributed by atoms with Gasteiger partial charge in [-0.3, -0.25) is 9.59 Å². The second-order valence-corrected chi connectivity index (χ2v) is 18.7. The zero-order valence-electron chi connectivity index (χ0n) is 32.9. The highest BCUT2D eigenvalue weighted by molar-refractivity contribution is 5.88. The average molecular weight is 749 g/mol. The largest absolute Gasteiger partial charge is 0.388 e. The quantitative estimate of drug-likeness (QED) is 0.199. The number of ether oxygens (including phenoxy) is 4. The van der Waals surface area contributed by atoms with Gasteiger partial charge in [0.1, 0.15) is 48.2 Å². The molecule has 2 aliphatic heterocycles. The van der Waals surface area contributed by atoms with E-state index in [4.69, 9.17) is 18.9 Å². The fraction of sp³-hybridized carbons (Fsp3) is 0.854. The molecule has 0 aromatic rings. The summed E-state index contributed by atoms with van der Waals surface area (Å²) in [6, 6.07) is 0. The Balaban J connectivity index is 1.34. The summed E-state index contributed by atoms with van der Waals surface area (Å²) in [5.74, 6) is -0.239. The Hall–Kier alpha value is -1.58. The minimum absolute atomic E-state index is 0.0608. The summed E-state index contributed by atoms with van der Waals surface area (Å²) in [4.78, 5) is 27.8. The number of aliphatic hydroxyl groups excluding tert-OH is 6. The lowest BCUT2D eigenvalue weighted by atomic mass is 9.39. The van der Waals surface area contributed by atoms with Gasteiger partial charge in [-0.15, -0.1) is 0 Å². The highest BCUT2D eigenvalue weighted by Gasteiger charge is 2.72. The number of hydrogen-bond donors (Lipinski definition) is 6. The van der Waals surface area contributed by atoms with Gasteiger partial charge in [0.25, 0.3) is 0 Å². The number of allylic oxidation sites excluding steroid dienone is 2. The molecule has 0 aromatic heterocycles. The van der Waals surface area contributed by atoms with Gasteiger partial charge >= 0.3 is 0 Å². The first kappa shape index (κ1) is 41.1.